The Kier molecular flexibility index (Phi) is 7.89. The highest BCUT2D eigenvalue weighted by atomic mass is 16.5. The summed E-state index contributed by atoms with van der Waals surface area (Å²) in [5.41, 5.74) is 6.49. The maximum absolute atomic E-state index is 9.27. The van der Waals surface area contributed by atoms with Crippen LogP contribution < -0.4 is 4.90 Å². The molecule has 222 valence electrons. The molecule has 2 saturated heterocycles. The van der Waals surface area contributed by atoms with E-state index in [0.717, 1.165) is 49.4 Å². The molecule has 5 heterocycles. The molecular formula is C32H33N11O. The molecule has 0 aliphatic carbocycles. The van der Waals surface area contributed by atoms with Gasteiger partial charge in [0, 0.05) is 69.3 Å². The van der Waals surface area contributed by atoms with E-state index in [0.29, 0.717) is 54.7 Å². The van der Waals surface area contributed by atoms with Gasteiger partial charge in [-0.2, -0.15) is 5.26 Å². The molecule has 0 spiro atoms. The van der Waals surface area contributed by atoms with Gasteiger partial charge in [0.05, 0.1) is 42.8 Å². The lowest BCUT2D eigenvalue weighted by Gasteiger charge is -2.32. The van der Waals surface area contributed by atoms with Crippen molar-refractivity contribution in [3.05, 3.63) is 78.2 Å². The summed E-state index contributed by atoms with van der Waals surface area (Å²) in [6, 6.07) is 18.2. The van der Waals surface area contributed by atoms with Crippen molar-refractivity contribution in [1.82, 2.24) is 44.7 Å². The number of ether oxygens (including phenoxy) is 1. The van der Waals surface area contributed by atoms with Gasteiger partial charge < -0.3 is 14.5 Å². The van der Waals surface area contributed by atoms with E-state index < -0.39 is 0 Å². The lowest BCUT2D eigenvalue weighted by molar-refractivity contribution is 0.0273. The van der Waals surface area contributed by atoms with E-state index in [2.05, 4.69) is 67.4 Å². The number of rotatable bonds is 7. The van der Waals surface area contributed by atoms with Crippen LogP contribution in [-0.2, 0) is 17.8 Å². The van der Waals surface area contributed by atoms with Crippen LogP contribution in [0.1, 0.15) is 11.1 Å². The van der Waals surface area contributed by atoms with E-state index in [1.54, 1.807) is 23.0 Å². The largest absolute Gasteiger partial charge is 0.373 e. The Morgan fingerprint density at radius 1 is 0.909 bits per heavy atom. The summed E-state index contributed by atoms with van der Waals surface area (Å²) in [5, 5.41) is 17.8. The highest BCUT2D eigenvalue weighted by Gasteiger charge is 2.24. The maximum atomic E-state index is 9.27. The van der Waals surface area contributed by atoms with Crippen LogP contribution in [0.25, 0.3) is 33.7 Å². The van der Waals surface area contributed by atoms with E-state index in [-0.39, 0.29) is 6.10 Å². The molecule has 1 unspecified atom stereocenters. The number of benzene rings is 2. The van der Waals surface area contributed by atoms with Gasteiger partial charge >= 0.3 is 0 Å². The van der Waals surface area contributed by atoms with E-state index in [1.807, 2.05) is 24.5 Å². The van der Waals surface area contributed by atoms with Crippen LogP contribution in [0.15, 0.2) is 67.1 Å². The molecule has 2 fully saturated rings. The van der Waals surface area contributed by atoms with Crippen LogP contribution >= 0.6 is 0 Å². The first-order chi connectivity index (χ1) is 21.6. The standard InChI is InChI=1S/C32H33N11O/c1-40-9-11-41(12-10-40)20-23-5-7-25(8-6-23)27-17-35-32(36-18-27)42-13-14-44-28(21-42)22-43-31-30(38-39-43)34-19-29(37-31)26-4-2-3-24(15-26)16-33/h2-8,15,17-19,28H,9-14,20-22H2,1H3. The first-order valence-corrected chi connectivity index (χ1v) is 14.9. The minimum absolute atomic E-state index is 0.155. The Hall–Kier alpha value is -4.83. The van der Waals surface area contributed by atoms with Crippen LogP contribution in [0.4, 0.5) is 5.95 Å². The highest BCUT2D eigenvalue weighted by molar-refractivity contribution is 5.70. The Bertz CT molecular complexity index is 1770. The second-order valence-corrected chi connectivity index (χ2v) is 11.4. The molecule has 0 saturated carbocycles. The lowest BCUT2D eigenvalue weighted by Crippen LogP contribution is -2.45. The molecule has 2 aliphatic heterocycles. The normalized spacial score (nSPS) is 18.0. The molecule has 5 aromatic rings. The Morgan fingerprint density at radius 2 is 1.73 bits per heavy atom. The number of likely N-dealkylation sites (N-methyl/N-ethyl adjacent to an activating group) is 1. The van der Waals surface area contributed by atoms with E-state index >= 15 is 0 Å². The second kappa shape index (κ2) is 12.4. The minimum Gasteiger partial charge on any atom is -0.373 e. The van der Waals surface area contributed by atoms with Gasteiger partial charge in [0.25, 0.3) is 0 Å². The number of aromatic nitrogens is 7. The van der Waals surface area contributed by atoms with E-state index in [4.69, 9.17) is 19.7 Å². The average Bonchev–Trinajstić information content (AvgIpc) is 3.48. The smallest absolute Gasteiger partial charge is 0.225 e. The number of anilines is 1. The van der Waals surface area contributed by atoms with Gasteiger partial charge in [0.1, 0.15) is 0 Å². The first-order valence-electron chi connectivity index (χ1n) is 14.9. The zero-order valence-electron chi connectivity index (χ0n) is 24.6. The fraction of sp³-hybridized carbons (Fsp3) is 0.344. The maximum Gasteiger partial charge on any atom is 0.225 e. The van der Waals surface area contributed by atoms with Crippen molar-refractivity contribution in [3.63, 3.8) is 0 Å². The predicted octanol–water partition coefficient (Wildman–Crippen LogP) is 2.87. The van der Waals surface area contributed by atoms with Crippen molar-refractivity contribution in [2.75, 3.05) is 57.8 Å². The number of hydrogen-bond acceptors (Lipinski definition) is 11. The van der Waals surface area contributed by atoms with E-state index in [1.165, 1.54) is 5.56 Å². The molecule has 2 aromatic carbocycles. The Labute approximate surface area is 255 Å². The SMILES string of the molecule is CN1CCN(Cc2ccc(-c3cnc(N4CCOC(Cn5nnc6ncc(-c7cccc(C#N)c7)nc65)C4)nc3)cc2)CC1. The quantitative estimate of drug-likeness (QED) is 0.279. The van der Waals surface area contributed by atoms with Crippen molar-refractivity contribution in [1.29, 1.82) is 5.26 Å². The number of morpholine rings is 1. The van der Waals surface area contributed by atoms with Gasteiger partial charge in [-0.05, 0) is 30.3 Å². The van der Waals surface area contributed by atoms with Gasteiger partial charge in [-0.1, -0.05) is 41.6 Å². The number of nitriles is 1. The zero-order chi connectivity index (χ0) is 29.9. The predicted molar refractivity (Wildman–Crippen MR) is 165 cm³/mol. The molecule has 2 aliphatic rings. The van der Waals surface area contributed by atoms with Crippen LogP contribution in [0.5, 0.6) is 0 Å². The zero-order valence-corrected chi connectivity index (χ0v) is 24.6. The van der Waals surface area contributed by atoms with Crippen LogP contribution in [0.3, 0.4) is 0 Å². The molecule has 12 nitrogen and oxygen atoms in total. The summed E-state index contributed by atoms with van der Waals surface area (Å²) in [6.07, 6.45) is 5.29. The highest BCUT2D eigenvalue weighted by Crippen LogP contribution is 2.23. The number of piperazine rings is 1. The first kappa shape index (κ1) is 28.0. The Balaban J connectivity index is 1.00. The van der Waals surface area contributed by atoms with Gasteiger partial charge in [-0.25, -0.2) is 24.6 Å². The molecule has 7 rings (SSSR count). The Morgan fingerprint density at radius 3 is 2.52 bits per heavy atom. The van der Waals surface area contributed by atoms with Crippen LogP contribution in [-0.4, -0.2) is 104 Å². The third-order valence-electron chi connectivity index (χ3n) is 8.24. The number of fused-ring (bicyclic) bond motifs is 1. The van der Waals surface area contributed by atoms with Crippen LogP contribution in [0, 0.1) is 11.3 Å². The number of nitrogens with zero attached hydrogens (tertiary/aromatic N) is 11. The summed E-state index contributed by atoms with van der Waals surface area (Å²) in [4.78, 5) is 25.7. The van der Waals surface area contributed by atoms with Gasteiger partial charge in [0.15, 0.2) is 5.65 Å². The van der Waals surface area contributed by atoms with Crippen molar-refractivity contribution in [3.8, 4) is 28.5 Å². The van der Waals surface area contributed by atoms with Crippen molar-refractivity contribution >= 4 is 17.2 Å². The van der Waals surface area contributed by atoms with E-state index in [9.17, 15) is 5.26 Å². The average molecular weight is 588 g/mol. The molecule has 0 amide bonds. The molecule has 12 heteroatoms. The molecule has 1 atom stereocenters. The van der Waals surface area contributed by atoms with Crippen molar-refractivity contribution < 1.29 is 4.74 Å². The lowest BCUT2D eigenvalue weighted by atomic mass is 10.1. The van der Waals surface area contributed by atoms with Crippen molar-refractivity contribution in [2.24, 2.45) is 0 Å². The summed E-state index contributed by atoms with van der Waals surface area (Å²) >= 11 is 0. The molecular weight excluding hydrogens is 554 g/mol. The summed E-state index contributed by atoms with van der Waals surface area (Å²) in [6.45, 7) is 7.78. The minimum atomic E-state index is -0.155. The van der Waals surface area contributed by atoms with Gasteiger partial charge in [-0.3, -0.25) is 4.90 Å². The summed E-state index contributed by atoms with van der Waals surface area (Å²) in [5.74, 6) is 0.677. The van der Waals surface area contributed by atoms with Gasteiger partial charge in [0.2, 0.25) is 11.6 Å². The molecule has 0 N–H and O–H groups in total. The molecule has 0 radical (unpaired) electrons. The summed E-state index contributed by atoms with van der Waals surface area (Å²) in [7, 11) is 2.18. The number of hydrogen-bond donors (Lipinski definition) is 0. The third kappa shape index (κ3) is 6.12. The summed E-state index contributed by atoms with van der Waals surface area (Å²) < 4.78 is 7.81. The van der Waals surface area contributed by atoms with Crippen LogP contribution in [0.2, 0.25) is 0 Å². The fourth-order valence-electron chi connectivity index (χ4n) is 5.67. The second-order valence-electron chi connectivity index (χ2n) is 11.4. The molecule has 0 bridgehead atoms. The molecule has 44 heavy (non-hydrogen) atoms. The topological polar surface area (TPSA) is 125 Å². The van der Waals surface area contributed by atoms with Crippen molar-refractivity contribution in [2.45, 2.75) is 19.2 Å². The third-order valence-corrected chi connectivity index (χ3v) is 8.24. The fourth-order valence-corrected chi connectivity index (χ4v) is 5.67. The van der Waals surface area contributed by atoms with Gasteiger partial charge in [-0.15, -0.1) is 5.10 Å². The molecule has 3 aromatic heterocycles. The monoisotopic (exact) mass is 587 g/mol.